The minimum atomic E-state index is 0.470. The quantitative estimate of drug-likeness (QED) is 0.840. The molecule has 0 saturated heterocycles. The van der Waals surface area contributed by atoms with Gasteiger partial charge < -0.3 is 9.64 Å². The van der Waals surface area contributed by atoms with Crippen molar-refractivity contribution in [1.29, 1.82) is 0 Å². The molecule has 0 unspecified atom stereocenters. The highest BCUT2D eigenvalue weighted by Gasteiger charge is 2.09. The second kappa shape index (κ2) is 4.53. The van der Waals surface area contributed by atoms with Gasteiger partial charge in [-0.25, -0.2) is 5.01 Å². The van der Waals surface area contributed by atoms with Gasteiger partial charge >= 0.3 is 0 Å². The molecule has 0 aliphatic carbocycles. The fraction of sp³-hybridized carbons (Fsp3) is 0.300. The van der Waals surface area contributed by atoms with Crippen LogP contribution < -0.4 is 4.74 Å². The van der Waals surface area contributed by atoms with Gasteiger partial charge in [-0.2, -0.15) is 5.10 Å². The SMILES string of the molecule is CN1C=NN(COc2cccc(Br)c2)C1. The minimum absolute atomic E-state index is 0.470. The summed E-state index contributed by atoms with van der Waals surface area (Å²) in [5.41, 5.74) is 0. The maximum Gasteiger partial charge on any atom is 0.178 e. The summed E-state index contributed by atoms with van der Waals surface area (Å²) in [6.45, 7) is 1.24. The number of rotatable bonds is 3. The molecule has 1 aliphatic rings. The van der Waals surface area contributed by atoms with E-state index in [-0.39, 0.29) is 0 Å². The lowest BCUT2D eigenvalue weighted by molar-refractivity contribution is 0.118. The number of ether oxygens (including phenoxy) is 1. The van der Waals surface area contributed by atoms with E-state index in [2.05, 4.69) is 21.0 Å². The second-order valence-electron chi connectivity index (χ2n) is 3.37. The topological polar surface area (TPSA) is 28.1 Å². The van der Waals surface area contributed by atoms with Crippen molar-refractivity contribution < 1.29 is 4.74 Å². The Balaban J connectivity index is 1.86. The molecule has 0 aromatic heterocycles. The van der Waals surface area contributed by atoms with Crippen molar-refractivity contribution in [3.63, 3.8) is 0 Å². The highest BCUT2D eigenvalue weighted by molar-refractivity contribution is 9.10. The lowest BCUT2D eigenvalue weighted by Crippen LogP contribution is -2.26. The third-order valence-corrected chi connectivity index (χ3v) is 2.47. The number of hydrogen-bond acceptors (Lipinski definition) is 4. The first-order valence-corrected chi connectivity index (χ1v) is 5.41. The van der Waals surface area contributed by atoms with Crippen LogP contribution in [0, 0.1) is 0 Å². The van der Waals surface area contributed by atoms with E-state index < -0.39 is 0 Å². The molecule has 15 heavy (non-hydrogen) atoms. The molecule has 0 amide bonds. The number of hydrogen-bond donors (Lipinski definition) is 0. The van der Waals surface area contributed by atoms with E-state index in [0.717, 1.165) is 16.9 Å². The van der Waals surface area contributed by atoms with Crippen LogP contribution in [0.25, 0.3) is 0 Å². The number of halogens is 1. The van der Waals surface area contributed by atoms with Crippen LogP contribution in [0.3, 0.4) is 0 Å². The first-order chi connectivity index (χ1) is 7.24. The maximum absolute atomic E-state index is 5.57. The zero-order valence-corrected chi connectivity index (χ0v) is 10.0. The van der Waals surface area contributed by atoms with Gasteiger partial charge in [0.15, 0.2) is 6.73 Å². The first-order valence-electron chi connectivity index (χ1n) is 4.62. The lowest BCUT2D eigenvalue weighted by Gasteiger charge is -2.16. The van der Waals surface area contributed by atoms with E-state index in [1.165, 1.54) is 0 Å². The van der Waals surface area contributed by atoms with Gasteiger partial charge in [0.2, 0.25) is 0 Å². The zero-order chi connectivity index (χ0) is 10.7. The zero-order valence-electron chi connectivity index (χ0n) is 8.43. The average Bonchev–Trinajstić information content (AvgIpc) is 2.62. The molecule has 80 valence electrons. The molecule has 1 aromatic carbocycles. The van der Waals surface area contributed by atoms with Crippen molar-refractivity contribution >= 4 is 22.3 Å². The van der Waals surface area contributed by atoms with Gasteiger partial charge in [-0.05, 0) is 18.2 Å². The average molecular weight is 270 g/mol. The molecular weight excluding hydrogens is 258 g/mol. The fourth-order valence-electron chi connectivity index (χ4n) is 1.27. The van der Waals surface area contributed by atoms with Gasteiger partial charge in [0.1, 0.15) is 18.8 Å². The normalized spacial score (nSPS) is 14.8. The van der Waals surface area contributed by atoms with Crippen molar-refractivity contribution in [1.82, 2.24) is 9.91 Å². The van der Waals surface area contributed by atoms with E-state index in [9.17, 15) is 0 Å². The molecule has 0 saturated carbocycles. The molecule has 1 aliphatic heterocycles. The third kappa shape index (κ3) is 2.86. The summed E-state index contributed by atoms with van der Waals surface area (Å²) in [7, 11) is 1.97. The van der Waals surface area contributed by atoms with Crippen LogP contribution >= 0.6 is 15.9 Å². The van der Waals surface area contributed by atoms with Crippen LogP contribution in [-0.2, 0) is 0 Å². The van der Waals surface area contributed by atoms with Crippen LogP contribution in [0.1, 0.15) is 0 Å². The van der Waals surface area contributed by atoms with Gasteiger partial charge in [0.05, 0.1) is 0 Å². The molecule has 0 spiro atoms. The molecule has 0 radical (unpaired) electrons. The van der Waals surface area contributed by atoms with Gasteiger partial charge in [-0.1, -0.05) is 22.0 Å². The van der Waals surface area contributed by atoms with Crippen LogP contribution in [0.4, 0.5) is 0 Å². The summed E-state index contributed by atoms with van der Waals surface area (Å²) in [5, 5.41) is 6.00. The Hall–Kier alpha value is -1.23. The number of hydrazone groups is 1. The van der Waals surface area contributed by atoms with Gasteiger partial charge in [-0.15, -0.1) is 0 Å². The van der Waals surface area contributed by atoms with Crippen molar-refractivity contribution in [3.05, 3.63) is 28.7 Å². The summed E-state index contributed by atoms with van der Waals surface area (Å²) in [6, 6.07) is 7.77. The smallest absolute Gasteiger partial charge is 0.178 e. The molecule has 4 nitrogen and oxygen atoms in total. The van der Waals surface area contributed by atoms with Gasteiger partial charge in [0.25, 0.3) is 0 Å². The van der Waals surface area contributed by atoms with Crippen molar-refractivity contribution in [2.75, 3.05) is 20.4 Å². The van der Waals surface area contributed by atoms with Crippen molar-refractivity contribution in [2.24, 2.45) is 5.10 Å². The summed E-state index contributed by atoms with van der Waals surface area (Å²) in [5.74, 6) is 0.842. The highest BCUT2D eigenvalue weighted by atomic mass is 79.9. The molecule has 0 atom stereocenters. The second-order valence-corrected chi connectivity index (χ2v) is 4.28. The molecule has 2 rings (SSSR count). The largest absolute Gasteiger partial charge is 0.472 e. The predicted octanol–water partition coefficient (Wildman–Crippen LogP) is 1.93. The summed E-state index contributed by atoms with van der Waals surface area (Å²) < 4.78 is 6.59. The Bertz CT molecular complexity index is 369. The monoisotopic (exact) mass is 269 g/mol. The molecule has 1 aromatic rings. The standard InChI is InChI=1S/C10H12BrN3O/c1-13-6-12-14(7-13)8-15-10-4-2-3-9(11)5-10/h2-6H,7-8H2,1H3. The molecule has 0 fully saturated rings. The maximum atomic E-state index is 5.57. The van der Waals surface area contributed by atoms with Crippen molar-refractivity contribution in [2.45, 2.75) is 0 Å². The highest BCUT2D eigenvalue weighted by Crippen LogP contribution is 2.18. The fourth-order valence-corrected chi connectivity index (χ4v) is 1.65. The minimum Gasteiger partial charge on any atom is -0.472 e. The molecule has 0 bridgehead atoms. The molecule has 5 heteroatoms. The predicted molar refractivity (Wildman–Crippen MR) is 62.6 cm³/mol. The number of benzene rings is 1. The van der Waals surface area contributed by atoms with E-state index in [4.69, 9.17) is 4.74 Å². The Morgan fingerprint density at radius 1 is 1.53 bits per heavy atom. The van der Waals surface area contributed by atoms with Crippen LogP contribution in [-0.4, -0.2) is 36.7 Å². The van der Waals surface area contributed by atoms with E-state index in [1.807, 2.05) is 41.2 Å². The first kappa shape index (κ1) is 10.3. The Labute approximate surface area is 97.3 Å². The van der Waals surface area contributed by atoms with E-state index in [1.54, 1.807) is 6.34 Å². The van der Waals surface area contributed by atoms with Crippen molar-refractivity contribution in [3.8, 4) is 5.75 Å². The lowest BCUT2D eigenvalue weighted by atomic mass is 10.3. The van der Waals surface area contributed by atoms with Gasteiger partial charge in [-0.3, -0.25) is 0 Å². The Morgan fingerprint density at radius 2 is 2.40 bits per heavy atom. The molecule has 1 heterocycles. The Morgan fingerprint density at radius 3 is 3.07 bits per heavy atom. The number of nitrogens with zero attached hydrogens (tertiary/aromatic N) is 3. The van der Waals surface area contributed by atoms with Crippen LogP contribution in [0.15, 0.2) is 33.8 Å². The third-order valence-electron chi connectivity index (χ3n) is 1.97. The van der Waals surface area contributed by atoms with Crippen LogP contribution in [0.2, 0.25) is 0 Å². The summed E-state index contributed by atoms with van der Waals surface area (Å²) in [6.07, 6.45) is 1.78. The summed E-state index contributed by atoms with van der Waals surface area (Å²) >= 11 is 3.39. The molecular formula is C10H12BrN3O. The van der Waals surface area contributed by atoms with Crippen LogP contribution in [0.5, 0.6) is 5.75 Å². The Kier molecular flexibility index (Phi) is 3.11. The van der Waals surface area contributed by atoms with E-state index in [0.29, 0.717) is 6.73 Å². The summed E-state index contributed by atoms with van der Waals surface area (Å²) in [4.78, 5) is 1.99. The van der Waals surface area contributed by atoms with E-state index >= 15 is 0 Å². The van der Waals surface area contributed by atoms with Gasteiger partial charge in [0, 0.05) is 11.5 Å². The molecule has 0 N–H and O–H groups in total.